The Morgan fingerprint density at radius 1 is 1.17 bits per heavy atom. The normalized spacial score (nSPS) is 14.8. The van der Waals surface area contributed by atoms with Gasteiger partial charge in [-0.1, -0.05) is 62.4 Å². The van der Waals surface area contributed by atoms with E-state index >= 15 is 0 Å². The third kappa shape index (κ3) is 4.74. The van der Waals surface area contributed by atoms with Gasteiger partial charge in [0, 0.05) is 38.3 Å². The van der Waals surface area contributed by atoms with Crippen LogP contribution in [0.25, 0.3) is 21.0 Å². The van der Waals surface area contributed by atoms with Crippen LogP contribution in [0.3, 0.4) is 0 Å². The van der Waals surface area contributed by atoms with Crippen LogP contribution in [0.5, 0.6) is 0 Å². The largest absolute Gasteiger partial charge is 0.460 e. The molecule has 1 aliphatic rings. The molecule has 1 saturated heterocycles. The summed E-state index contributed by atoms with van der Waals surface area (Å²) < 4.78 is 5.20. The molecule has 4 nitrogen and oxygen atoms in total. The van der Waals surface area contributed by atoms with Crippen molar-refractivity contribution in [3.8, 4) is 21.0 Å². The zero-order chi connectivity index (χ0) is 20.4. The molecule has 0 spiro atoms. The summed E-state index contributed by atoms with van der Waals surface area (Å²) in [7, 11) is 0. The first-order chi connectivity index (χ1) is 14.0. The van der Waals surface area contributed by atoms with Crippen molar-refractivity contribution < 1.29 is 9.53 Å². The highest BCUT2D eigenvalue weighted by Gasteiger charge is 2.28. The summed E-state index contributed by atoms with van der Waals surface area (Å²) in [4.78, 5) is 19.1. The quantitative estimate of drug-likeness (QED) is 0.518. The number of benzene rings is 2. The minimum Gasteiger partial charge on any atom is -0.460 e. The standard InChI is InChI=1S/C24H26N2O2S/c1-16(2)20-5-4-6-21(11-20)23-12-25-24(29-23)19-9-7-18(8-10-19)13-26-14-22(15-26)28-17(3)27/h4-12,16,22H,13-15H2,1-3H3. The summed E-state index contributed by atoms with van der Waals surface area (Å²) in [5.74, 6) is 0.323. The van der Waals surface area contributed by atoms with Gasteiger partial charge in [-0.3, -0.25) is 9.69 Å². The van der Waals surface area contributed by atoms with Crippen molar-refractivity contribution in [2.75, 3.05) is 13.1 Å². The molecule has 0 unspecified atom stereocenters. The van der Waals surface area contributed by atoms with E-state index in [0.717, 1.165) is 30.2 Å². The monoisotopic (exact) mass is 406 g/mol. The van der Waals surface area contributed by atoms with Crippen molar-refractivity contribution in [3.05, 3.63) is 65.9 Å². The number of rotatable bonds is 6. The minimum absolute atomic E-state index is 0.0507. The lowest BCUT2D eigenvalue weighted by Crippen LogP contribution is -2.51. The number of carbonyl (C=O) groups is 1. The van der Waals surface area contributed by atoms with Crippen molar-refractivity contribution in [1.82, 2.24) is 9.88 Å². The molecule has 1 fully saturated rings. The molecule has 1 aliphatic heterocycles. The Bertz CT molecular complexity index is 988. The number of nitrogens with zero attached hydrogens (tertiary/aromatic N) is 2. The first kappa shape index (κ1) is 19.8. The predicted octanol–water partition coefficient (Wildman–Crippen LogP) is 5.35. The number of thiazole rings is 1. The summed E-state index contributed by atoms with van der Waals surface area (Å²) in [6.45, 7) is 8.40. The van der Waals surface area contributed by atoms with E-state index in [1.165, 1.54) is 28.5 Å². The van der Waals surface area contributed by atoms with Crippen molar-refractivity contribution in [1.29, 1.82) is 0 Å². The first-order valence-electron chi connectivity index (χ1n) is 10.0. The molecule has 5 heteroatoms. The summed E-state index contributed by atoms with van der Waals surface area (Å²) in [6, 6.07) is 17.3. The number of hydrogen-bond donors (Lipinski definition) is 0. The van der Waals surface area contributed by atoms with Gasteiger partial charge in [-0.25, -0.2) is 4.98 Å². The zero-order valence-electron chi connectivity index (χ0n) is 17.1. The van der Waals surface area contributed by atoms with E-state index < -0.39 is 0 Å². The second kappa shape index (κ2) is 8.47. The first-order valence-corrected chi connectivity index (χ1v) is 10.8. The molecular formula is C24H26N2O2S. The lowest BCUT2D eigenvalue weighted by molar-refractivity contribution is -0.155. The molecule has 3 aromatic rings. The third-order valence-corrected chi connectivity index (χ3v) is 6.30. The van der Waals surface area contributed by atoms with Gasteiger partial charge >= 0.3 is 5.97 Å². The molecule has 2 heterocycles. The molecule has 4 rings (SSSR count). The zero-order valence-corrected chi connectivity index (χ0v) is 17.9. The minimum atomic E-state index is -0.197. The van der Waals surface area contributed by atoms with Crippen molar-refractivity contribution in [2.24, 2.45) is 0 Å². The fourth-order valence-electron chi connectivity index (χ4n) is 3.56. The van der Waals surface area contributed by atoms with Gasteiger partial charge in [-0.05, 0) is 22.6 Å². The van der Waals surface area contributed by atoms with Crippen LogP contribution < -0.4 is 0 Å². The Morgan fingerprint density at radius 3 is 2.62 bits per heavy atom. The van der Waals surface area contributed by atoms with Crippen LogP contribution in [-0.4, -0.2) is 35.0 Å². The summed E-state index contributed by atoms with van der Waals surface area (Å²) in [6.07, 6.45) is 2.03. The molecule has 0 N–H and O–H groups in total. The van der Waals surface area contributed by atoms with Gasteiger partial charge in [-0.15, -0.1) is 11.3 Å². The predicted molar refractivity (Wildman–Crippen MR) is 118 cm³/mol. The average Bonchev–Trinajstić information content (AvgIpc) is 3.17. The maximum atomic E-state index is 11.0. The van der Waals surface area contributed by atoms with E-state index in [-0.39, 0.29) is 12.1 Å². The molecule has 2 aromatic carbocycles. The van der Waals surface area contributed by atoms with Gasteiger partial charge in [0.2, 0.25) is 0 Å². The highest BCUT2D eigenvalue weighted by atomic mass is 32.1. The summed E-state index contributed by atoms with van der Waals surface area (Å²) in [5, 5.41) is 1.04. The SMILES string of the molecule is CC(=O)OC1CN(Cc2ccc(-c3ncc(-c4cccc(C(C)C)c4)s3)cc2)C1. The van der Waals surface area contributed by atoms with Gasteiger partial charge in [-0.2, -0.15) is 0 Å². The lowest BCUT2D eigenvalue weighted by Gasteiger charge is -2.38. The van der Waals surface area contributed by atoms with Crippen LogP contribution in [0.4, 0.5) is 0 Å². The lowest BCUT2D eigenvalue weighted by atomic mass is 10.0. The Balaban J connectivity index is 1.40. The molecule has 0 bridgehead atoms. The molecule has 0 radical (unpaired) electrons. The van der Waals surface area contributed by atoms with E-state index in [2.05, 4.69) is 72.3 Å². The van der Waals surface area contributed by atoms with Crippen LogP contribution in [0.1, 0.15) is 37.8 Å². The van der Waals surface area contributed by atoms with E-state index in [9.17, 15) is 4.79 Å². The van der Waals surface area contributed by atoms with Gasteiger partial charge in [0.25, 0.3) is 0 Å². The second-order valence-electron chi connectivity index (χ2n) is 7.93. The molecule has 150 valence electrons. The highest BCUT2D eigenvalue weighted by Crippen LogP contribution is 2.33. The summed E-state index contributed by atoms with van der Waals surface area (Å²) >= 11 is 1.73. The van der Waals surface area contributed by atoms with Crippen molar-refractivity contribution >= 4 is 17.3 Å². The van der Waals surface area contributed by atoms with Gasteiger partial charge < -0.3 is 4.74 Å². The van der Waals surface area contributed by atoms with Crippen molar-refractivity contribution in [2.45, 2.75) is 39.3 Å². The van der Waals surface area contributed by atoms with Gasteiger partial charge in [0.15, 0.2) is 0 Å². The highest BCUT2D eigenvalue weighted by molar-refractivity contribution is 7.18. The van der Waals surface area contributed by atoms with E-state index in [4.69, 9.17) is 4.74 Å². The molecule has 0 amide bonds. The number of likely N-dealkylation sites (tertiary alicyclic amines) is 1. The van der Waals surface area contributed by atoms with Crippen LogP contribution in [0.15, 0.2) is 54.7 Å². The van der Waals surface area contributed by atoms with E-state index in [1.54, 1.807) is 11.3 Å². The fraction of sp³-hybridized carbons (Fsp3) is 0.333. The summed E-state index contributed by atoms with van der Waals surface area (Å²) in [5.41, 5.74) is 4.99. The molecular weight excluding hydrogens is 380 g/mol. The second-order valence-corrected chi connectivity index (χ2v) is 8.96. The Morgan fingerprint density at radius 2 is 1.93 bits per heavy atom. The molecule has 29 heavy (non-hydrogen) atoms. The fourth-order valence-corrected chi connectivity index (χ4v) is 4.48. The van der Waals surface area contributed by atoms with Gasteiger partial charge in [0.05, 0.1) is 4.88 Å². The Hall–Kier alpha value is -2.50. The smallest absolute Gasteiger partial charge is 0.302 e. The number of ether oxygens (including phenoxy) is 1. The molecule has 0 saturated carbocycles. The topological polar surface area (TPSA) is 42.4 Å². The number of hydrogen-bond acceptors (Lipinski definition) is 5. The average molecular weight is 407 g/mol. The maximum absolute atomic E-state index is 11.0. The Labute approximate surface area is 176 Å². The van der Waals surface area contributed by atoms with Gasteiger partial charge in [0.1, 0.15) is 11.1 Å². The molecule has 0 aliphatic carbocycles. The maximum Gasteiger partial charge on any atom is 0.302 e. The Kier molecular flexibility index (Phi) is 5.79. The van der Waals surface area contributed by atoms with Crippen molar-refractivity contribution in [3.63, 3.8) is 0 Å². The van der Waals surface area contributed by atoms with Crippen LogP contribution in [0, 0.1) is 0 Å². The number of carbonyl (C=O) groups excluding carboxylic acids is 1. The van der Waals surface area contributed by atoms with Crippen LogP contribution in [-0.2, 0) is 16.1 Å². The molecule has 0 atom stereocenters. The third-order valence-electron chi connectivity index (χ3n) is 5.21. The number of aromatic nitrogens is 1. The van der Waals surface area contributed by atoms with E-state index in [1.807, 2.05) is 6.20 Å². The van der Waals surface area contributed by atoms with Crippen LogP contribution >= 0.6 is 11.3 Å². The van der Waals surface area contributed by atoms with Crippen LogP contribution in [0.2, 0.25) is 0 Å². The number of esters is 1. The molecule has 1 aromatic heterocycles. The van der Waals surface area contributed by atoms with E-state index in [0.29, 0.717) is 5.92 Å².